The predicted molar refractivity (Wildman–Crippen MR) is 85.1 cm³/mol. The minimum Gasteiger partial charge on any atom is -0.482 e. The monoisotopic (exact) mass is 330 g/mol. The average Bonchev–Trinajstić information content (AvgIpc) is 2.53. The highest BCUT2D eigenvalue weighted by molar-refractivity contribution is 5.97. The van der Waals surface area contributed by atoms with Crippen LogP contribution in [-0.4, -0.2) is 28.0 Å². The minimum absolute atomic E-state index is 0.0351. The number of rotatable bonds is 4. The third-order valence-corrected chi connectivity index (χ3v) is 3.37. The van der Waals surface area contributed by atoms with E-state index in [9.17, 15) is 19.2 Å². The van der Waals surface area contributed by atoms with Crippen molar-refractivity contribution in [3.8, 4) is 5.75 Å². The number of benzene rings is 1. The Morgan fingerprint density at radius 2 is 2.08 bits per heavy atom. The van der Waals surface area contributed by atoms with Gasteiger partial charge in [-0.05, 0) is 18.2 Å². The van der Waals surface area contributed by atoms with E-state index >= 15 is 0 Å². The maximum Gasteiger partial charge on any atom is 0.328 e. The van der Waals surface area contributed by atoms with Gasteiger partial charge in [0.05, 0.1) is 5.69 Å². The van der Waals surface area contributed by atoms with Crippen LogP contribution < -0.4 is 26.6 Å². The van der Waals surface area contributed by atoms with Crippen molar-refractivity contribution >= 4 is 23.2 Å². The van der Waals surface area contributed by atoms with Gasteiger partial charge in [-0.25, -0.2) is 4.79 Å². The van der Waals surface area contributed by atoms with Gasteiger partial charge < -0.3 is 19.9 Å². The van der Waals surface area contributed by atoms with Crippen LogP contribution in [0.4, 0.5) is 11.4 Å². The molecule has 3 rings (SSSR count). The third kappa shape index (κ3) is 3.51. The highest BCUT2D eigenvalue weighted by Gasteiger charge is 2.16. The summed E-state index contributed by atoms with van der Waals surface area (Å²) in [6, 6.07) is 6.11. The molecule has 3 N–H and O–H groups in total. The lowest BCUT2D eigenvalue weighted by Crippen LogP contribution is -2.29. The molecule has 0 saturated heterocycles. The fraction of sp³-hybridized carbons (Fsp3) is 0.200. The number of aryl methyl sites for hydroxylation is 1. The summed E-state index contributed by atoms with van der Waals surface area (Å²) in [6.45, 7) is 0.0961. The summed E-state index contributed by atoms with van der Waals surface area (Å²) in [4.78, 5) is 47.9. The van der Waals surface area contributed by atoms with Crippen molar-refractivity contribution in [3.63, 3.8) is 0 Å². The second-order valence-electron chi connectivity index (χ2n) is 5.15. The molecule has 0 bridgehead atoms. The van der Waals surface area contributed by atoms with Gasteiger partial charge in [0.1, 0.15) is 5.75 Å². The molecular weight excluding hydrogens is 316 g/mol. The first kappa shape index (κ1) is 15.5. The number of anilines is 2. The fourth-order valence-corrected chi connectivity index (χ4v) is 2.23. The number of aromatic nitrogens is 2. The van der Waals surface area contributed by atoms with Gasteiger partial charge in [-0.15, -0.1) is 0 Å². The standard InChI is InChI=1S/C15H14N4O5/c20-12(3-5-19-6-4-13(21)18-15(19)23)16-9-1-2-11-10(7-9)17-14(22)8-24-11/h1-2,4,6-7H,3,5,8H2,(H,16,20)(H,17,22)(H,18,21,23). The van der Waals surface area contributed by atoms with Crippen molar-refractivity contribution in [2.75, 3.05) is 17.2 Å². The number of fused-ring (bicyclic) bond motifs is 1. The van der Waals surface area contributed by atoms with Crippen LogP contribution in [0.1, 0.15) is 6.42 Å². The van der Waals surface area contributed by atoms with Crippen molar-refractivity contribution in [1.29, 1.82) is 0 Å². The van der Waals surface area contributed by atoms with E-state index in [2.05, 4.69) is 15.6 Å². The number of nitrogens with zero attached hydrogens (tertiary/aromatic N) is 1. The fourth-order valence-electron chi connectivity index (χ4n) is 2.23. The number of ether oxygens (including phenoxy) is 1. The zero-order valence-electron chi connectivity index (χ0n) is 12.5. The first-order chi connectivity index (χ1) is 11.5. The molecule has 0 atom stereocenters. The highest BCUT2D eigenvalue weighted by atomic mass is 16.5. The molecule has 24 heavy (non-hydrogen) atoms. The molecule has 0 unspecified atom stereocenters. The molecule has 124 valence electrons. The maximum atomic E-state index is 12.0. The molecule has 0 radical (unpaired) electrons. The van der Waals surface area contributed by atoms with E-state index in [0.29, 0.717) is 17.1 Å². The molecule has 1 aliphatic rings. The van der Waals surface area contributed by atoms with Gasteiger partial charge in [0.25, 0.3) is 11.5 Å². The number of amides is 2. The Morgan fingerprint density at radius 3 is 2.88 bits per heavy atom. The Bertz CT molecular complexity index is 915. The Kier molecular flexibility index (Phi) is 4.15. The summed E-state index contributed by atoms with van der Waals surface area (Å²) in [5.41, 5.74) is -0.0674. The van der Waals surface area contributed by atoms with Crippen LogP contribution in [0.15, 0.2) is 40.1 Å². The highest BCUT2D eigenvalue weighted by Crippen LogP contribution is 2.30. The summed E-state index contributed by atoms with van der Waals surface area (Å²) >= 11 is 0. The Labute approximate surface area is 135 Å². The Hall–Kier alpha value is -3.36. The van der Waals surface area contributed by atoms with Gasteiger partial charge in [-0.1, -0.05) is 0 Å². The van der Waals surface area contributed by atoms with Gasteiger partial charge in [0, 0.05) is 30.9 Å². The zero-order chi connectivity index (χ0) is 17.1. The normalized spacial score (nSPS) is 12.8. The SMILES string of the molecule is O=C(CCn1ccc(=O)[nH]c1=O)Nc1ccc2c(c1)NC(=O)CO2. The molecule has 0 fully saturated rings. The quantitative estimate of drug-likeness (QED) is 0.722. The number of H-pyrrole nitrogens is 1. The summed E-state index contributed by atoms with van der Waals surface area (Å²) in [5, 5.41) is 5.32. The van der Waals surface area contributed by atoms with Gasteiger partial charge in [-0.3, -0.25) is 19.4 Å². The van der Waals surface area contributed by atoms with Gasteiger partial charge in [0.15, 0.2) is 6.61 Å². The molecule has 2 aromatic rings. The second-order valence-corrected chi connectivity index (χ2v) is 5.15. The summed E-state index contributed by atoms with van der Waals surface area (Å²) in [6.07, 6.45) is 1.38. The lowest BCUT2D eigenvalue weighted by Gasteiger charge is -2.18. The van der Waals surface area contributed by atoms with E-state index in [1.807, 2.05) is 0 Å². The molecular formula is C15H14N4O5. The predicted octanol–water partition coefficient (Wildman–Crippen LogP) is -0.104. The van der Waals surface area contributed by atoms with E-state index in [1.165, 1.54) is 16.8 Å². The van der Waals surface area contributed by atoms with Gasteiger partial charge in [0.2, 0.25) is 5.91 Å². The zero-order valence-corrected chi connectivity index (χ0v) is 12.5. The van der Waals surface area contributed by atoms with Crippen LogP contribution in [0.3, 0.4) is 0 Å². The number of carbonyl (C=O) groups excluding carboxylic acids is 2. The van der Waals surface area contributed by atoms with Crippen molar-refractivity contribution in [1.82, 2.24) is 9.55 Å². The van der Waals surface area contributed by atoms with E-state index in [0.717, 1.165) is 0 Å². The first-order valence-corrected chi connectivity index (χ1v) is 7.17. The Balaban J connectivity index is 1.63. The van der Waals surface area contributed by atoms with Crippen LogP contribution >= 0.6 is 0 Å². The first-order valence-electron chi connectivity index (χ1n) is 7.17. The van der Waals surface area contributed by atoms with Crippen LogP contribution in [0.25, 0.3) is 0 Å². The van der Waals surface area contributed by atoms with Crippen molar-refractivity contribution < 1.29 is 14.3 Å². The van der Waals surface area contributed by atoms with Crippen molar-refractivity contribution in [2.45, 2.75) is 13.0 Å². The van der Waals surface area contributed by atoms with Crippen LogP contribution in [0, 0.1) is 0 Å². The minimum atomic E-state index is -0.566. The van der Waals surface area contributed by atoms with E-state index in [-0.39, 0.29) is 31.4 Å². The smallest absolute Gasteiger partial charge is 0.328 e. The number of nitrogens with one attached hydrogen (secondary N) is 3. The molecule has 0 aliphatic carbocycles. The average molecular weight is 330 g/mol. The molecule has 2 amide bonds. The summed E-state index contributed by atoms with van der Waals surface area (Å²) in [5.74, 6) is -0.0353. The largest absolute Gasteiger partial charge is 0.482 e. The topological polar surface area (TPSA) is 122 Å². The summed E-state index contributed by atoms with van der Waals surface area (Å²) < 4.78 is 6.47. The number of hydrogen-bond donors (Lipinski definition) is 3. The third-order valence-electron chi connectivity index (χ3n) is 3.37. The second kappa shape index (κ2) is 6.41. The molecule has 9 heteroatoms. The van der Waals surface area contributed by atoms with Crippen LogP contribution in [-0.2, 0) is 16.1 Å². The van der Waals surface area contributed by atoms with E-state index < -0.39 is 11.2 Å². The molecule has 9 nitrogen and oxygen atoms in total. The van der Waals surface area contributed by atoms with E-state index in [1.54, 1.807) is 18.2 Å². The van der Waals surface area contributed by atoms with Gasteiger partial charge in [-0.2, -0.15) is 0 Å². The van der Waals surface area contributed by atoms with Crippen LogP contribution in [0.5, 0.6) is 5.75 Å². The van der Waals surface area contributed by atoms with E-state index in [4.69, 9.17) is 4.74 Å². The summed E-state index contributed by atoms with van der Waals surface area (Å²) in [7, 11) is 0. The lowest BCUT2D eigenvalue weighted by atomic mass is 10.2. The van der Waals surface area contributed by atoms with Crippen LogP contribution in [0.2, 0.25) is 0 Å². The van der Waals surface area contributed by atoms with Crippen molar-refractivity contribution in [3.05, 3.63) is 51.3 Å². The number of hydrogen-bond acceptors (Lipinski definition) is 5. The maximum absolute atomic E-state index is 12.0. The molecule has 1 aromatic carbocycles. The number of aromatic amines is 1. The lowest BCUT2D eigenvalue weighted by molar-refractivity contribution is -0.118. The molecule has 0 saturated carbocycles. The Morgan fingerprint density at radius 1 is 1.25 bits per heavy atom. The molecule has 2 heterocycles. The van der Waals surface area contributed by atoms with Crippen molar-refractivity contribution in [2.24, 2.45) is 0 Å². The number of carbonyl (C=O) groups is 2. The molecule has 1 aromatic heterocycles. The van der Waals surface area contributed by atoms with Gasteiger partial charge >= 0.3 is 5.69 Å². The molecule has 0 spiro atoms. The molecule has 1 aliphatic heterocycles.